The second kappa shape index (κ2) is 9.48. The molecule has 5 heteroatoms. The third-order valence-corrected chi connectivity index (χ3v) is 3.01. The fourth-order valence-corrected chi connectivity index (χ4v) is 1.92. The molecular weight excluding hydrogens is 369 g/mol. The van der Waals surface area contributed by atoms with E-state index < -0.39 is 5.97 Å². The van der Waals surface area contributed by atoms with Crippen molar-refractivity contribution in [2.45, 2.75) is 19.8 Å². The van der Waals surface area contributed by atoms with Gasteiger partial charge in [0.1, 0.15) is 11.5 Å². The van der Waals surface area contributed by atoms with Crippen LogP contribution in [0, 0.1) is 6.92 Å². The standard InChI is InChI=1S/C18H17O4.Y/c1-3-18(20)22-17-10-6-15(7-11-17)12-14-4-8-16(9-5-14)21-13(2)19;/h4-11H,2-3,12H2,1H3;/q-1;. The molecule has 0 amide bonds. The molecule has 0 heterocycles. The molecule has 117 valence electrons. The average molecular weight is 386 g/mol. The normalized spacial score (nSPS) is 9.61. The molecule has 2 aromatic rings. The number of hydrogen-bond donors (Lipinski definition) is 0. The number of carbonyl (C=O) groups excluding carboxylic acids is 2. The van der Waals surface area contributed by atoms with Crippen molar-refractivity contribution in [1.29, 1.82) is 0 Å². The first-order valence-corrected chi connectivity index (χ1v) is 6.99. The second-order valence-electron chi connectivity index (χ2n) is 4.77. The van der Waals surface area contributed by atoms with E-state index in [2.05, 4.69) is 6.92 Å². The van der Waals surface area contributed by atoms with Gasteiger partial charge in [0.05, 0.1) is 0 Å². The number of esters is 2. The van der Waals surface area contributed by atoms with Crippen LogP contribution in [0.15, 0.2) is 48.5 Å². The molecule has 4 nitrogen and oxygen atoms in total. The van der Waals surface area contributed by atoms with Crippen LogP contribution in [-0.4, -0.2) is 11.9 Å². The van der Waals surface area contributed by atoms with Crippen LogP contribution in [0.25, 0.3) is 0 Å². The van der Waals surface area contributed by atoms with Gasteiger partial charge in [-0.1, -0.05) is 31.2 Å². The van der Waals surface area contributed by atoms with Crippen molar-refractivity contribution < 1.29 is 51.8 Å². The summed E-state index contributed by atoms with van der Waals surface area (Å²) in [6.07, 6.45) is 1.09. The van der Waals surface area contributed by atoms with Crippen molar-refractivity contribution in [3.05, 3.63) is 66.6 Å². The molecule has 0 unspecified atom stereocenters. The first-order valence-electron chi connectivity index (χ1n) is 6.99. The zero-order chi connectivity index (χ0) is 15.9. The molecule has 0 saturated carbocycles. The van der Waals surface area contributed by atoms with Crippen LogP contribution in [0.4, 0.5) is 0 Å². The van der Waals surface area contributed by atoms with Crippen LogP contribution in [0.3, 0.4) is 0 Å². The summed E-state index contributed by atoms with van der Waals surface area (Å²) in [5, 5.41) is 0. The predicted octanol–water partition coefficient (Wildman–Crippen LogP) is 3.33. The quantitative estimate of drug-likeness (QED) is 0.450. The first kappa shape index (κ1) is 19.4. The Labute approximate surface area is 161 Å². The van der Waals surface area contributed by atoms with Crippen LogP contribution in [0.5, 0.6) is 11.5 Å². The molecule has 23 heavy (non-hydrogen) atoms. The van der Waals surface area contributed by atoms with Gasteiger partial charge < -0.3 is 9.47 Å². The minimum Gasteiger partial charge on any atom is -0.452 e. The zero-order valence-electron chi connectivity index (χ0n) is 13.0. The van der Waals surface area contributed by atoms with Crippen LogP contribution in [-0.2, 0) is 48.7 Å². The third-order valence-electron chi connectivity index (χ3n) is 3.01. The van der Waals surface area contributed by atoms with Crippen molar-refractivity contribution in [2.24, 2.45) is 0 Å². The van der Waals surface area contributed by atoms with Gasteiger partial charge in [-0.2, -0.15) is 0 Å². The van der Waals surface area contributed by atoms with Gasteiger partial charge >= 0.3 is 5.97 Å². The van der Waals surface area contributed by atoms with Crippen LogP contribution < -0.4 is 9.47 Å². The molecule has 0 N–H and O–H groups in total. The molecule has 2 rings (SSSR count). The van der Waals surface area contributed by atoms with Gasteiger partial charge in [0.15, 0.2) is 5.97 Å². The summed E-state index contributed by atoms with van der Waals surface area (Å²) in [6, 6.07) is 14.6. The zero-order valence-corrected chi connectivity index (χ0v) is 15.8. The Morgan fingerprint density at radius 3 is 1.70 bits per heavy atom. The van der Waals surface area contributed by atoms with E-state index in [1.54, 1.807) is 31.2 Å². The predicted molar refractivity (Wildman–Crippen MR) is 82.6 cm³/mol. The van der Waals surface area contributed by atoms with Crippen molar-refractivity contribution in [3.8, 4) is 11.5 Å². The average Bonchev–Trinajstić information content (AvgIpc) is 2.50. The van der Waals surface area contributed by atoms with Gasteiger partial charge in [0.2, 0.25) is 0 Å². The van der Waals surface area contributed by atoms with E-state index in [9.17, 15) is 9.59 Å². The van der Waals surface area contributed by atoms with Gasteiger partial charge in [-0.3, -0.25) is 16.5 Å². The summed E-state index contributed by atoms with van der Waals surface area (Å²) in [6.45, 7) is 4.92. The Balaban J connectivity index is 0.00000264. The maximum absolute atomic E-state index is 11.2. The Bertz CT molecular complexity index is 648. The minimum absolute atomic E-state index is 0. The second-order valence-corrected chi connectivity index (χ2v) is 4.77. The first-order chi connectivity index (χ1) is 10.6. The number of hydrogen-bond acceptors (Lipinski definition) is 4. The number of rotatable bonds is 5. The summed E-state index contributed by atoms with van der Waals surface area (Å²) in [4.78, 5) is 22.0. The van der Waals surface area contributed by atoms with Gasteiger partial charge in [-0.25, -0.2) is 0 Å². The Hall–Kier alpha value is -1.65. The molecule has 0 atom stereocenters. The minimum atomic E-state index is -0.579. The summed E-state index contributed by atoms with van der Waals surface area (Å²) in [5.41, 5.74) is 2.18. The SMILES string of the molecule is [CH2-]C(=O)Oc1ccc(Cc2ccc(OC(=O)CC)cc2)cc1.[Y]. The Morgan fingerprint density at radius 1 is 0.870 bits per heavy atom. The largest absolute Gasteiger partial charge is 0.452 e. The van der Waals surface area contributed by atoms with Crippen LogP contribution in [0.1, 0.15) is 24.5 Å². The molecule has 2 aromatic carbocycles. The van der Waals surface area contributed by atoms with Crippen LogP contribution >= 0.6 is 0 Å². The maximum atomic E-state index is 11.2. The van der Waals surface area contributed by atoms with E-state index >= 15 is 0 Å². The molecule has 1 radical (unpaired) electrons. The molecule has 0 saturated heterocycles. The molecule has 0 spiro atoms. The number of ether oxygens (including phenoxy) is 2. The van der Waals surface area contributed by atoms with E-state index in [4.69, 9.17) is 9.47 Å². The van der Waals surface area contributed by atoms with E-state index in [1.807, 2.05) is 24.3 Å². The smallest absolute Gasteiger partial charge is 0.310 e. The topological polar surface area (TPSA) is 52.6 Å². The van der Waals surface area contributed by atoms with E-state index in [-0.39, 0.29) is 38.7 Å². The molecule has 0 aliphatic carbocycles. The fourth-order valence-electron chi connectivity index (χ4n) is 1.92. The van der Waals surface area contributed by atoms with Gasteiger partial charge in [0, 0.05) is 39.1 Å². The summed E-state index contributed by atoms with van der Waals surface area (Å²) < 4.78 is 10.0. The van der Waals surface area contributed by atoms with Gasteiger partial charge in [-0.05, 0) is 41.8 Å². The molecule has 0 bridgehead atoms. The maximum Gasteiger partial charge on any atom is 0.310 e. The fraction of sp³-hybridized carbons (Fsp3) is 0.167. The summed E-state index contributed by atoms with van der Waals surface area (Å²) in [7, 11) is 0. The number of carbonyl (C=O) groups is 2. The molecule has 0 fully saturated rings. The van der Waals surface area contributed by atoms with Gasteiger partial charge in [-0.15, -0.1) is 0 Å². The van der Waals surface area contributed by atoms with E-state index in [0.29, 0.717) is 17.9 Å². The van der Waals surface area contributed by atoms with E-state index in [1.165, 1.54) is 0 Å². The Morgan fingerprint density at radius 2 is 1.30 bits per heavy atom. The monoisotopic (exact) mass is 386 g/mol. The third kappa shape index (κ3) is 6.55. The van der Waals surface area contributed by atoms with E-state index in [0.717, 1.165) is 17.5 Å². The van der Waals surface area contributed by atoms with Crippen LogP contribution in [0.2, 0.25) is 0 Å². The summed E-state index contributed by atoms with van der Waals surface area (Å²) >= 11 is 0. The Kier molecular flexibility index (Phi) is 8.00. The van der Waals surface area contributed by atoms with Crippen molar-refractivity contribution in [3.63, 3.8) is 0 Å². The molecular formula is C18H17O4Y-. The van der Waals surface area contributed by atoms with Crippen molar-refractivity contribution >= 4 is 11.9 Å². The molecule has 0 aliphatic rings. The number of benzene rings is 2. The van der Waals surface area contributed by atoms with Crippen molar-refractivity contribution in [1.82, 2.24) is 0 Å². The van der Waals surface area contributed by atoms with Crippen molar-refractivity contribution in [2.75, 3.05) is 0 Å². The van der Waals surface area contributed by atoms with Gasteiger partial charge in [0.25, 0.3) is 0 Å². The molecule has 0 aromatic heterocycles. The molecule has 0 aliphatic heterocycles. The summed E-state index contributed by atoms with van der Waals surface area (Å²) in [5.74, 6) is 0.201.